The average Bonchev–Trinajstić information content (AvgIpc) is 2.76. The first-order valence-corrected chi connectivity index (χ1v) is 8.12. The minimum Gasteiger partial charge on any atom is -0.444 e. The molecule has 3 rings (SSSR count). The molecule has 6 heteroatoms. The highest BCUT2D eigenvalue weighted by molar-refractivity contribution is 6.23. The Morgan fingerprint density at radius 2 is 1.56 bits per heavy atom. The molecule has 0 aliphatic carbocycles. The van der Waals surface area contributed by atoms with Gasteiger partial charge in [-0.3, -0.25) is 14.5 Å². The van der Waals surface area contributed by atoms with Crippen LogP contribution in [0, 0.1) is 0 Å². The third-order valence-corrected chi connectivity index (χ3v) is 3.84. The summed E-state index contributed by atoms with van der Waals surface area (Å²) in [5.74, 6) is -0.673. The lowest BCUT2D eigenvalue weighted by Crippen LogP contribution is -2.40. The van der Waals surface area contributed by atoms with Gasteiger partial charge in [-0.25, -0.2) is 4.79 Å². The van der Waals surface area contributed by atoms with Crippen molar-refractivity contribution in [3.05, 3.63) is 47.5 Å². The molecule has 1 aliphatic rings. The Labute approximate surface area is 145 Å². The standard InChI is InChI=1S/C19H20N2O4/c1-19(2,3)25-18(24)20-8-9-21-16(22)14-10-12-6-4-5-7-13(12)11-15(14)17(21)23/h4-7,10-11H,8-9H2,1-3H3,(H,20,24). The van der Waals surface area contributed by atoms with Gasteiger partial charge in [0.15, 0.2) is 0 Å². The number of hydrogen-bond acceptors (Lipinski definition) is 4. The summed E-state index contributed by atoms with van der Waals surface area (Å²) in [6, 6.07) is 11.1. The molecule has 3 amide bonds. The maximum atomic E-state index is 12.5. The number of carbonyl (C=O) groups is 3. The van der Waals surface area contributed by atoms with E-state index >= 15 is 0 Å². The van der Waals surface area contributed by atoms with E-state index in [1.165, 1.54) is 0 Å². The lowest BCUT2D eigenvalue weighted by atomic mass is 10.0. The van der Waals surface area contributed by atoms with Gasteiger partial charge in [-0.15, -0.1) is 0 Å². The van der Waals surface area contributed by atoms with Crippen molar-refractivity contribution in [2.75, 3.05) is 13.1 Å². The Hall–Kier alpha value is -2.89. The zero-order valence-corrected chi connectivity index (χ0v) is 14.5. The van der Waals surface area contributed by atoms with Crippen LogP contribution in [0.25, 0.3) is 10.8 Å². The topological polar surface area (TPSA) is 75.7 Å². The summed E-state index contributed by atoms with van der Waals surface area (Å²) in [5.41, 5.74) is 0.210. The van der Waals surface area contributed by atoms with Gasteiger partial charge in [0.2, 0.25) is 0 Å². The normalized spacial score (nSPS) is 14.0. The van der Waals surface area contributed by atoms with Crippen molar-refractivity contribution in [2.24, 2.45) is 0 Å². The number of nitrogens with zero attached hydrogens (tertiary/aromatic N) is 1. The van der Waals surface area contributed by atoms with E-state index in [0.29, 0.717) is 11.1 Å². The predicted molar refractivity (Wildman–Crippen MR) is 93.6 cm³/mol. The molecule has 0 aromatic heterocycles. The first-order valence-electron chi connectivity index (χ1n) is 8.12. The van der Waals surface area contributed by atoms with Crippen LogP contribution in [0.3, 0.4) is 0 Å². The Morgan fingerprint density at radius 3 is 2.04 bits per heavy atom. The van der Waals surface area contributed by atoms with Crippen molar-refractivity contribution in [1.82, 2.24) is 10.2 Å². The summed E-state index contributed by atoms with van der Waals surface area (Å²) >= 11 is 0. The lowest BCUT2D eigenvalue weighted by molar-refractivity contribution is 0.0504. The summed E-state index contributed by atoms with van der Waals surface area (Å²) in [6.07, 6.45) is -0.574. The number of rotatable bonds is 3. The van der Waals surface area contributed by atoms with Gasteiger partial charge >= 0.3 is 6.09 Å². The molecular weight excluding hydrogens is 320 g/mol. The number of nitrogens with one attached hydrogen (secondary N) is 1. The number of imide groups is 1. The number of amides is 3. The van der Waals surface area contributed by atoms with E-state index in [2.05, 4.69) is 5.32 Å². The minimum absolute atomic E-state index is 0.0991. The van der Waals surface area contributed by atoms with Crippen LogP contribution in [0.5, 0.6) is 0 Å². The maximum Gasteiger partial charge on any atom is 0.407 e. The Balaban J connectivity index is 1.70. The fraction of sp³-hybridized carbons (Fsp3) is 0.316. The van der Waals surface area contributed by atoms with E-state index in [0.717, 1.165) is 15.7 Å². The summed E-state index contributed by atoms with van der Waals surface area (Å²) in [5, 5.41) is 4.39. The van der Waals surface area contributed by atoms with E-state index < -0.39 is 11.7 Å². The molecule has 0 bridgehead atoms. The van der Waals surface area contributed by atoms with E-state index in [1.54, 1.807) is 32.9 Å². The van der Waals surface area contributed by atoms with Crippen molar-refractivity contribution in [2.45, 2.75) is 26.4 Å². The summed E-state index contributed by atoms with van der Waals surface area (Å²) < 4.78 is 5.13. The average molecular weight is 340 g/mol. The number of hydrogen-bond donors (Lipinski definition) is 1. The molecular formula is C19H20N2O4. The third kappa shape index (κ3) is 3.47. The van der Waals surface area contributed by atoms with Crippen molar-refractivity contribution in [3.8, 4) is 0 Å². The van der Waals surface area contributed by atoms with Gasteiger partial charge in [-0.1, -0.05) is 24.3 Å². The maximum absolute atomic E-state index is 12.5. The Morgan fingerprint density at radius 1 is 1.04 bits per heavy atom. The highest BCUT2D eigenvalue weighted by Gasteiger charge is 2.35. The van der Waals surface area contributed by atoms with Crippen molar-refractivity contribution in [1.29, 1.82) is 0 Å². The molecule has 0 atom stereocenters. The Kier molecular flexibility index (Phi) is 4.20. The number of alkyl carbamates (subject to hydrolysis) is 1. The van der Waals surface area contributed by atoms with E-state index in [1.807, 2.05) is 24.3 Å². The molecule has 0 fully saturated rings. The summed E-state index contributed by atoms with van der Waals surface area (Å²) in [4.78, 5) is 37.8. The minimum atomic E-state index is -0.598. The molecule has 2 aromatic rings. The van der Waals surface area contributed by atoms with Gasteiger partial charge in [-0.2, -0.15) is 0 Å². The van der Waals surface area contributed by atoms with Crippen LogP contribution in [0.1, 0.15) is 41.5 Å². The second kappa shape index (κ2) is 6.20. The molecule has 0 spiro atoms. The first kappa shape index (κ1) is 17.0. The van der Waals surface area contributed by atoms with Crippen LogP contribution in [0.15, 0.2) is 36.4 Å². The monoisotopic (exact) mass is 340 g/mol. The largest absolute Gasteiger partial charge is 0.444 e. The van der Waals surface area contributed by atoms with Crippen molar-refractivity contribution >= 4 is 28.7 Å². The SMILES string of the molecule is CC(C)(C)OC(=O)NCCN1C(=O)c2cc3ccccc3cc2C1=O. The smallest absolute Gasteiger partial charge is 0.407 e. The predicted octanol–water partition coefficient (Wildman–Crippen LogP) is 2.96. The summed E-state index contributed by atoms with van der Waals surface area (Å²) in [7, 11) is 0. The third-order valence-electron chi connectivity index (χ3n) is 3.84. The van der Waals surface area contributed by atoms with Crippen molar-refractivity contribution < 1.29 is 19.1 Å². The zero-order chi connectivity index (χ0) is 18.2. The first-order chi connectivity index (χ1) is 11.8. The lowest BCUT2D eigenvalue weighted by Gasteiger charge is -2.20. The second-order valence-corrected chi connectivity index (χ2v) is 6.94. The number of benzene rings is 2. The fourth-order valence-electron chi connectivity index (χ4n) is 2.76. The Bertz CT molecular complexity index is 813. The molecule has 0 unspecified atom stereocenters. The van der Waals surface area contributed by atoms with Crippen LogP contribution < -0.4 is 5.32 Å². The number of ether oxygens (including phenoxy) is 1. The molecule has 1 aliphatic heterocycles. The molecule has 1 heterocycles. The van der Waals surface area contributed by atoms with Gasteiger partial charge < -0.3 is 10.1 Å². The van der Waals surface area contributed by atoms with Gasteiger partial charge in [0, 0.05) is 13.1 Å². The molecule has 130 valence electrons. The van der Waals surface area contributed by atoms with Crippen molar-refractivity contribution in [3.63, 3.8) is 0 Å². The molecule has 0 saturated carbocycles. The van der Waals surface area contributed by atoms with Gasteiger partial charge in [-0.05, 0) is 43.7 Å². The van der Waals surface area contributed by atoms with E-state index in [-0.39, 0.29) is 24.9 Å². The molecule has 2 aromatic carbocycles. The molecule has 0 saturated heterocycles. The fourth-order valence-corrected chi connectivity index (χ4v) is 2.76. The quantitative estimate of drug-likeness (QED) is 0.872. The van der Waals surface area contributed by atoms with Crippen LogP contribution in [-0.2, 0) is 4.74 Å². The van der Waals surface area contributed by atoms with Crippen LogP contribution in [-0.4, -0.2) is 41.5 Å². The molecule has 25 heavy (non-hydrogen) atoms. The van der Waals surface area contributed by atoms with Gasteiger partial charge in [0.25, 0.3) is 11.8 Å². The highest BCUT2D eigenvalue weighted by atomic mass is 16.6. The van der Waals surface area contributed by atoms with Gasteiger partial charge in [0.05, 0.1) is 11.1 Å². The number of carbonyl (C=O) groups excluding carboxylic acids is 3. The molecule has 0 radical (unpaired) electrons. The van der Waals surface area contributed by atoms with Crippen LogP contribution in [0.4, 0.5) is 4.79 Å². The summed E-state index contributed by atoms with van der Waals surface area (Å²) in [6.45, 7) is 5.53. The molecule has 1 N–H and O–H groups in total. The highest BCUT2D eigenvalue weighted by Crippen LogP contribution is 2.27. The second-order valence-electron chi connectivity index (χ2n) is 6.94. The van der Waals surface area contributed by atoms with E-state index in [4.69, 9.17) is 4.74 Å². The zero-order valence-electron chi connectivity index (χ0n) is 14.5. The van der Waals surface area contributed by atoms with Crippen LogP contribution in [0.2, 0.25) is 0 Å². The van der Waals surface area contributed by atoms with Crippen LogP contribution >= 0.6 is 0 Å². The van der Waals surface area contributed by atoms with E-state index in [9.17, 15) is 14.4 Å². The molecule has 6 nitrogen and oxygen atoms in total. The van der Waals surface area contributed by atoms with Gasteiger partial charge in [0.1, 0.15) is 5.60 Å². The number of fused-ring (bicyclic) bond motifs is 2.